The van der Waals surface area contributed by atoms with Crippen molar-refractivity contribution < 1.29 is 28.9 Å². The van der Waals surface area contributed by atoms with E-state index in [1.807, 2.05) is 19.1 Å². The van der Waals surface area contributed by atoms with E-state index in [4.69, 9.17) is 14.2 Å². The van der Waals surface area contributed by atoms with Crippen LogP contribution < -0.4 is 35.5 Å². The van der Waals surface area contributed by atoms with Gasteiger partial charge in [-0.05, 0) is 43.3 Å². The standard InChI is InChI=1S/C23H30N4O6/c1-15(12-26-22(29)16-6-8-17(9-7-16)27-23(30)24-2)25-13-18(28)14-33-20-5-3-4-19-21(20)32-11-10-31-19/h3-9,15,18,25,28H,10-14H2,1-2H3,(H,26,29)(H2,24,27,30). The second-order valence-electron chi connectivity index (χ2n) is 7.55. The molecule has 3 rings (SSSR count). The Morgan fingerprint density at radius 2 is 1.85 bits per heavy atom. The number of carbonyl (C=O) groups is 2. The fourth-order valence-corrected chi connectivity index (χ4v) is 3.06. The van der Waals surface area contributed by atoms with Crippen LogP contribution in [0, 0.1) is 0 Å². The molecular formula is C23H30N4O6. The summed E-state index contributed by atoms with van der Waals surface area (Å²) < 4.78 is 16.8. The number of nitrogens with one attached hydrogen (secondary N) is 4. The number of para-hydroxylation sites is 1. The van der Waals surface area contributed by atoms with Gasteiger partial charge < -0.3 is 40.6 Å². The molecule has 2 aromatic carbocycles. The van der Waals surface area contributed by atoms with Crippen LogP contribution in [0.1, 0.15) is 17.3 Å². The summed E-state index contributed by atoms with van der Waals surface area (Å²) >= 11 is 0. The predicted octanol–water partition coefficient (Wildman–Crippen LogP) is 1.36. The van der Waals surface area contributed by atoms with Crippen LogP contribution in [-0.2, 0) is 0 Å². The molecule has 1 heterocycles. The topological polar surface area (TPSA) is 130 Å². The minimum Gasteiger partial charge on any atom is -0.487 e. The number of benzene rings is 2. The zero-order valence-corrected chi connectivity index (χ0v) is 18.7. The number of urea groups is 1. The van der Waals surface area contributed by atoms with Crippen LogP contribution >= 0.6 is 0 Å². The van der Waals surface area contributed by atoms with Crippen molar-refractivity contribution in [3.8, 4) is 17.2 Å². The molecule has 2 aromatic rings. The zero-order valence-electron chi connectivity index (χ0n) is 18.7. The third kappa shape index (κ3) is 7.26. The molecule has 0 saturated heterocycles. The maximum absolute atomic E-state index is 12.3. The lowest BCUT2D eigenvalue weighted by Crippen LogP contribution is -2.43. The fourth-order valence-electron chi connectivity index (χ4n) is 3.06. The number of amides is 3. The van der Waals surface area contributed by atoms with Crippen LogP contribution in [0.2, 0.25) is 0 Å². The van der Waals surface area contributed by atoms with Gasteiger partial charge in [0.05, 0.1) is 0 Å². The molecule has 0 spiro atoms. The summed E-state index contributed by atoms with van der Waals surface area (Å²) in [7, 11) is 1.53. The van der Waals surface area contributed by atoms with E-state index < -0.39 is 6.10 Å². The van der Waals surface area contributed by atoms with Crippen molar-refractivity contribution in [3.05, 3.63) is 48.0 Å². The van der Waals surface area contributed by atoms with Gasteiger partial charge in [0.15, 0.2) is 11.5 Å². The second-order valence-corrected chi connectivity index (χ2v) is 7.55. The first-order valence-electron chi connectivity index (χ1n) is 10.8. The number of aliphatic hydroxyl groups is 1. The molecule has 33 heavy (non-hydrogen) atoms. The molecule has 0 bridgehead atoms. The summed E-state index contributed by atoms with van der Waals surface area (Å²) in [5, 5.41) is 21.3. The summed E-state index contributed by atoms with van der Waals surface area (Å²) in [5.41, 5.74) is 1.07. The average molecular weight is 459 g/mol. The largest absolute Gasteiger partial charge is 0.487 e. The highest BCUT2D eigenvalue weighted by atomic mass is 16.6. The van der Waals surface area contributed by atoms with Gasteiger partial charge in [0, 0.05) is 37.4 Å². The summed E-state index contributed by atoms with van der Waals surface area (Å²) in [6.45, 7) is 3.62. The SMILES string of the molecule is CNC(=O)Nc1ccc(C(=O)NCC(C)NCC(O)COc2cccc3c2OCCO3)cc1. The first-order valence-corrected chi connectivity index (χ1v) is 10.8. The van der Waals surface area contributed by atoms with Gasteiger partial charge in [0.2, 0.25) is 5.75 Å². The highest BCUT2D eigenvalue weighted by molar-refractivity contribution is 5.95. The Labute approximate surface area is 192 Å². The van der Waals surface area contributed by atoms with Crippen molar-refractivity contribution in [1.82, 2.24) is 16.0 Å². The van der Waals surface area contributed by atoms with E-state index in [1.54, 1.807) is 30.3 Å². The highest BCUT2D eigenvalue weighted by Gasteiger charge is 2.18. The molecule has 0 aromatic heterocycles. The number of hydrogen-bond donors (Lipinski definition) is 5. The predicted molar refractivity (Wildman–Crippen MR) is 123 cm³/mol. The summed E-state index contributed by atoms with van der Waals surface area (Å²) in [6.07, 6.45) is -0.746. The fraction of sp³-hybridized carbons (Fsp3) is 0.391. The third-order valence-corrected chi connectivity index (χ3v) is 4.86. The lowest BCUT2D eigenvalue weighted by atomic mass is 10.2. The van der Waals surface area contributed by atoms with Crippen molar-refractivity contribution in [2.45, 2.75) is 19.1 Å². The zero-order chi connectivity index (χ0) is 23.6. The van der Waals surface area contributed by atoms with Crippen molar-refractivity contribution in [1.29, 1.82) is 0 Å². The maximum Gasteiger partial charge on any atom is 0.318 e. The Hall–Kier alpha value is -3.50. The number of hydrogen-bond acceptors (Lipinski definition) is 7. The van der Waals surface area contributed by atoms with Crippen molar-refractivity contribution >= 4 is 17.6 Å². The molecule has 10 nitrogen and oxygen atoms in total. The molecule has 2 unspecified atom stereocenters. The molecular weight excluding hydrogens is 428 g/mol. The van der Waals surface area contributed by atoms with E-state index in [-0.39, 0.29) is 24.6 Å². The van der Waals surface area contributed by atoms with Gasteiger partial charge >= 0.3 is 6.03 Å². The minimum atomic E-state index is -0.746. The first kappa shape index (κ1) is 24.1. The highest BCUT2D eigenvalue weighted by Crippen LogP contribution is 2.38. The van der Waals surface area contributed by atoms with Crippen LogP contribution in [0.5, 0.6) is 17.2 Å². The maximum atomic E-state index is 12.3. The summed E-state index contributed by atoms with van der Waals surface area (Å²) in [4.78, 5) is 23.6. The van der Waals surface area contributed by atoms with E-state index >= 15 is 0 Å². The first-order chi connectivity index (χ1) is 16.0. The van der Waals surface area contributed by atoms with Gasteiger partial charge in [-0.3, -0.25) is 4.79 Å². The number of aliphatic hydroxyl groups excluding tert-OH is 1. The van der Waals surface area contributed by atoms with E-state index in [2.05, 4.69) is 21.3 Å². The minimum absolute atomic E-state index is 0.0704. The van der Waals surface area contributed by atoms with E-state index in [9.17, 15) is 14.7 Å². The normalized spacial score (nSPS) is 14.0. The molecule has 0 saturated carbocycles. The molecule has 2 atom stereocenters. The van der Waals surface area contributed by atoms with Gasteiger partial charge in [-0.25, -0.2) is 4.79 Å². The lowest BCUT2D eigenvalue weighted by molar-refractivity contribution is 0.0933. The van der Waals surface area contributed by atoms with Gasteiger partial charge in [-0.1, -0.05) is 6.07 Å². The van der Waals surface area contributed by atoms with E-state index in [0.717, 1.165) is 0 Å². The van der Waals surface area contributed by atoms with Crippen molar-refractivity contribution in [2.75, 3.05) is 45.3 Å². The van der Waals surface area contributed by atoms with Gasteiger partial charge in [0.1, 0.15) is 25.9 Å². The third-order valence-electron chi connectivity index (χ3n) is 4.86. The second kappa shape index (κ2) is 11.9. The number of anilines is 1. The Kier molecular flexibility index (Phi) is 8.73. The Morgan fingerprint density at radius 1 is 1.09 bits per heavy atom. The van der Waals surface area contributed by atoms with Crippen LogP contribution in [-0.4, -0.2) is 69.1 Å². The Bertz CT molecular complexity index is 937. The summed E-state index contributed by atoms with van der Waals surface area (Å²) in [5.74, 6) is 1.49. The molecule has 1 aliphatic heterocycles. The quantitative estimate of drug-likeness (QED) is 0.363. The van der Waals surface area contributed by atoms with Crippen molar-refractivity contribution in [3.63, 3.8) is 0 Å². The van der Waals surface area contributed by atoms with Crippen LogP contribution in [0.15, 0.2) is 42.5 Å². The number of fused-ring (bicyclic) bond motifs is 1. The molecule has 0 fully saturated rings. The number of rotatable bonds is 10. The molecule has 1 aliphatic rings. The van der Waals surface area contributed by atoms with Gasteiger partial charge in [0.25, 0.3) is 5.91 Å². The molecule has 178 valence electrons. The Balaban J connectivity index is 1.36. The van der Waals surface area contributed by atoms with Crippen molar-refractivity contribution in [2.24, 2.45) is 0 Å². The van der Waals surface area contributed by atoms with Crippen LogP contribution in [0.25, 0.3) is 0 Å². The molecule has 5 N–H and O–H groups in total. The number of carbonyl (C=O) groups excluding carboxylic acids is 2. The smallest absolute Gasteiger partial charge is 0.318 e. The summed E-state index contributed by atoms with van der Waals surface area (Å²) in [6, 6.07) is 11.6. The van der Waals surface area contributed by atoms with Crippen LogP contribution in [0.3, 0.4) is 0 Å². The van der Waals surface area contributed by atoms with Crippen LogP contribution in [0.4, 0.5) is 10.5 Å². The van der Waals surface area contributed by atoms with E-state index in [0.29, 0.717) is 54.8 Å². The molecule has 0 radical (unpaired) electrons. The molecule has 10 heteroatoms. The molecule has 3 amide bonds. The monoisotopic (exact) mass is 458 g/mol. The van der Waals surface area contributed by atoms with Gasteiger partial charge in [-0.2, -0.15) is 0 Å². The van der Waals surface area contributed by atoms with E-state index in [1.165, 1.54) is 7.05 Å². The Morgan fingerprint density at radius 3 is 2.61 bits per heavy atom. The lowest BCUT2D eigenvalue weighted by Gasteiger charge is -2.22. The average Bonchev–Trinajstić information content (AvgIpc) is 2.85. The van der Waals surface area contributed by atoms with Gasteiger partial charge in [-0.15, -0.1) is 0 Å². The number of ether oxygens (including phenoxy) is 3. The molecule has 0 aliphatic carbocycles.